The lowest BCUT2D eigenvalue weighted by Gasteiger charge is -2.14. The summed E-state index contributed by atoms with van der Waals surface area (Å²) in [6.45, 7) is 4.76. The van der Waals surface area contributed by atoms with Gasteiger partial charge in [0.25, 0.3) is 5.91 Å². The highest BCUT2D eigenvalue weighted by Gasteiger charge is 2.16. The van der Waals surface area contributed by atoms with Crippen LogP contribution in [0.2, 0.25) is 0 Å². The molecular formula is C14H18N4OS. The summed E-state index contributed by atoms with van der Waals surface area (Å²) in [5.74, 6) is 0.635. The van der Waals surface area contributed by atoms with Gasteiger partial charge in [-0.05, 0) is 37.7 Å². The van der Waals surface area contributed by atoms with Crippen molar-refractivity contribution in [2.45, 2.75) is 32.9 Å². The molecule has 1 amide bonds. The number of hydrogen-bond donors (Lipinski definition) is 2. The molecule has 0 fully saturated rings. The highest BCUT2D eigenvalue weighted by atomic mass is 32.1. The Kier molecular flexibility index (Phi) is 4.68. The first kappa shape index (κ1) is 14.5. The monoisotopic (exact) mass is 290 g/mol. The number of carbonyl (C=O) groups excluding carboxylic acids is 1. The molecule has 2 rings (SSSR count). The molecule has 0 unspecified atom stereocenters. The van der Waals surface area contributed by atoms with Crippen molar-refractivity contribution in [1.29, 1.82) is 0 Å². The van der Waals surface area contributed by atoms with Crippen LogP contribution in [0.4, 0.5) is 0 Å². The molecule has 2 N–H and O–H groups in total. The van der Waals surface area contributed by atoms with Crippen LogP contribution in [0.3, 0.4) is 0 Å². The summed E-state index contributed by atoms with van der Waals surface area (Å²) < 4.78 is 2.51. The van der Waals surface area contributed by atoms with Crippen molar-refractivity contribution >= 4 is 18.1 Å². The van der Waals surface area contributed by atoms with Crippen LogP contribution >= 0.6 is 12.2 Å². The summed E-state index contributed by atoms with van der Waals surface area (Å²) in [4.78, 5) is 12.1. The van der Waals surface area contributed by atoms with Gasteiger partial charge in [0.15, 0.2) is 10.6 Å². The third-order valence-electron chi connectivity index (χ3n) is 3.01. The predicted molar refractivity (Wildman–Crippen MR) is 80.0 cm³/mol. The fourth-order valence-corrected chi connectivity index (χ4v) is 2.26. The summed E-state index contributed by atoms with van der Waals surface area (Å²) in [6, 6.07) is 8.92. The summed E-state index contributed by atoms with van der Waals surface area (Å²) >= 11 is 5.20. The van der Waals surface area contributed by atoms with Gasteiger partial charge in [0.1, 0.15) is 0 Å². The van der Waals surface area contributed by atoms with E-state index in [-0.39, 0.29) is 11.9 Å². The lowest BCUT2D eigenvalue weighted by molar-refractivity contribution is 0.0937. The second kappa shape index (κ2) is 6.47. The van der Waals surface area contributed by atoms with Gasteiger partial charge in [-0.3, -0.25) is 9.89 Å². The number of carbonyl (C=O) groups is 1. The van der Waals surface area contributed by atoms with Crippen LogP contribution in [0.1, 0.15) is 42.5 Å². The zero-order valence-corrected chi connectivity index (χ0v) is 12.4. The third kappa shape index (κ3) is 3.14. The van der Waals surface area contributed by atoms with Crippen molar-refractivity contribution in [2.75, 3.05) is 0 Å². The van der Waals surface area contributed by atoms with Gasteiger partial charge in [-0.15, -0.1) is 0 Å². The molecule has 0 spiro atoms. The normalized spacial score (nSPS) is 12.1. The first-order chi connectivity index (χ1) is 9.63. The van der Waals surface area contributed by atoms with Crippen LogP contribution in [0, 0.1) is 4.77 Å². The molecule has 0 aliphatic rings. The molecule has 0 aliphatic heterocycles. The van der Waals surface area contributed by atoms with E-state index in [0.717, 1.165) is 18.8 Å². The van der Waals surface area contributed by atoms with Gasteiger partial charge < -0.3 is 9.88 Å². The molecule has 6 heteroatoms. The van der Waals surface area contributed by atoms with Crippen LogP contribution < -0.4 is 5.32 Å². The molecule has 1 atom stereocenters. The van der Waals surface area contributed by atoms with E-state index in [1.54, 1.807) is 12.1 Å². The fraction of sp³-hybridized carbons (Fsp3) is 0.357. The Labute approximate surface area is 123 Å². The Bertz CT molecular complexity index is 632. The molecule has 1 aromatic carbocycles. The van der Waals surface area contributed by atoms with E-state index in [9.17, 15) is 4.79 Å². The Morgan fingerprint density at radius 3 is 2.80 bits per heavy atom. The Balaban J connectivity index is 2.14. The molecule has 1 heterocycles. The second-order valence-corrected chi connectivity index (χ2v) is 4.99. The molecule has 2 aromatic rings. The van der Waals surface area contributed by atoms with Gasteiger partial charge >= 0.3 is 0 Å². The minimum Gasteiger partial charge on any atom is -0.342 e. The zero-order valence-electron chi connectivity index (χ0n) is 11.6. The molecule has 0 radical (unpaired) electrons. The Morgan fingerprint density at radius 1 is 1.45 bits per heavy atom. The number of rotatable bonds is 5. The van der Waals surface area contributed by atoms with E-state index < -0.39 is 0 Å². The van der Waals surface area contributed by atoms with E-state index in [4.69, 9.17) is 12.2 Å². The van der Waals surface area contributed by atoms with Gasteiger partial charge in [0.05, 0.1) is 6.04 Å². The van der Waals surface area contributed by atoms with Crippen molar-refractivity contribution < 1.29 is 4.79 Å². The molecule has 0 saturated heterocycles. The minimum atomic E-state index is -0.206. The van der Waals surface area contributed by atoms with E-state index >= 15 is 0 Å². The van der Waals surface area contributed by atoms with Gasteiger partial charge in [-0.2, -0.15) is 5.10 Å². The summed E-state index contributed by atoms with van der Waals surface area (Å²) in [7, 11) is 0. The van der Waals surface area contributed by atoms with Crippen LogP contribution in [0.5, 0.6) is 0 Å². The number of nitrogens with one attached hydrogen (secondary N) is 2. The fourth-order valence-electron chi connectivity index (χ4n) is 2.03. The first-order valence-corrected chi connectivity index (χ1v) is 7.05. The summed E-state index contributed by atoms with van der Waals surface area (Å²) in [5.41, 5.74) is 0.635. The number of aromatic amines is 1. The van der Waals surface area contributed by atoms with Crippen molar-refractivity contribution in [2.24, 2.45) is 0 Å². The Hall–Kier alpha value is -1.95. The van der Waals surface area contributed by atoms with Crippen LogP contribution in [0.25, 0.3) is 0 Å². The predicted octanol–water partition coefficient (Wildman–Crippen LogP) is 2.84. The molecule has 20 heavy (non-hydrogen) atoms. The number of hydrogen-bond acceptors (Lipinski definition) is 3. The average Bonchev–Trinajstić information content (AvgIpc) is 2.82. The SMILES string of the molecule is CCCn1c([C@H](C)NC(=O)c2ccccc2)n[nH]c1=S. The van der Waals surface area contributed by atoms with Crippen LogP contribution in [0.15, 0.2) is 30.3 Å². The minimum absolute atomic E-state index is 0.116. The molecule has 1 aromatic heterocycles. The lowest BCUT2D eigenvalue weighted by Crippen LogP contribution is -2.28. The number of aromatic nitrogens is 3. The molecule has 0 saturated carbocycles. The number of benzene rings is 1. The highest BCUT2D eigenvalue weighted by Crippen LogP contribution is 2.12. The van der Waals surface area contributed by atoms with Crippen LogP contribution in [-0.2, 0) is 6.54 Å². The number of nitrogens with zero attached hydrogens (tertiary/aromatic N) is 2. The molecule has 106 valence electrons. The van der Waals surface area contributed by atoms with Crippen molar-refractivity contribution in [1.82, 2.24) is 20.1 Å². The highest BCUT2D eigenvalue weighted by molar-refractivity contribution is 7.71. The van der Waals surface area contributed by atoms with Crippen molar-refractivity contribution in [3.05, 3.63) is 46.5 Å². The van der Waals surface area contributed by atoms with E-state index in [1.807, 2.05) is 29.7 Å². The van der Waals surface area contributed by atoms with Gasteiger partial charge in [-0.25, -0.2) is 0 Å². The van der Waals surface area contributed by atoms with E-state index in [0.29, 0.717) is 10.3 Å². The van der Waals surface area contributed by atoms with Crippen LogP contribution in [-0.4, -0.2) is 20.7 Å². The van der Waals surface area contributed by atoms with Gasteiger partial charge in [0, 0.05) is 12.1 Å². The zero-order chi connectivity index (χ0) is 14.5. The molecular weight excluding hydrogens is 272 g/mol. The van der Waals surface area contributed by atoms with Crippen molar-refractivity contribution in [3.63, 3.8) is 0 Å². The van der Waals surface area contributed by atoms with E-state index in [2.05, 4.69) is 22.4 Å². The first-order valence-electron chi connectivity index (χ1n) is 6.64. The topological polar surface area (TPSA) is 62.7 Å². The number of amides is 1. The average molecular weight is 290 g/mol. The third-order valence-corrected chi connectivity index (χ3v) is 3.32. The molecule has 0 bridgehead atoms. The van der Waals surface area contributed by atoms with E-state index in [1.165, 1.54) is 0 Å². The maximum absolute atomic E-state index is 12.1. The summed E-state index contributed by atoms with van der Waals surface area (Å²) in [6.07, 6.45) is 0.959. The maximum Gasteiger partial charge on any atom is 0.251 e. The maximum atomic E-state index is 12.1. The second-order valence-electron chi connectivity index (χ2n) is 4.60. The Morgan fingerprint density at radius 2 is 2.15 bits per heavy atom. The standard InChI is InChI=1S/C14H18N4OS/c1-3-9-18-12(16-17-14(18)20)10(2)15-13(19)11-7-5-4-6-8-11/h4-8,10H,3,9H2,1-2H3,(H,15,19)(H,17,20)/t10-/m0/s1. The van der Waals surface area contributed by atoms with Gasteiger partial charge in [0.2, 0.25) is 0 Å². The molecule has 0 aliphatic carbocycles. The molecule has 5 nitrogen and oxygen atoms in total. The smallest absolute Gasteiger partial charge is 0.251 e. The van der Waals surface area contributed by atoms with Gasteiger partial charge in [-0.1, -0.05) is 25.1 Å². The lowest BCUT2D eigenvalue weighted by atomic mass is 10.2. The number of H-pyrrole nitrogens is 1. The van der Waals surface area contributed by atoms with Crippen molar-refractivity contribution in [3.8, 4) is 0 Å². The largest absolute Gasteiger partial charge is 0.342 e. The summed E-state index contributed by atoms with van der Waals surface area (Å²) in [5, 5.41) is 9.93. The quantitative estimate of drug-likeness (QED) is 0.832.